The molecule has 126 valence electrons. The molecule has 0 amide bonds. The first-order valence-corrected chi connectivity index (χ1v) is 7.78. The van der Waals surface area contributed by atoms with Crippen molar-refractivity contribution < 1.29 is 9.18 Å². The minimum atomic E-state index is -0.256. The topological polar surface area (TPSA) is 66.9 Å². The van der Waals surface area contributed by atoms with Crippen molar-refractivity contribution in [3.8, 4) is 0 Å². The zero-order valence-corrected chi connectivity index (χ0v) is 13.7. The van der Waals surface area contributed by atoms with E-state index in [1.807, 2.05) is 12.1 Å². The molecule has 0 atom stereocenters. The summed E-state index contributed by atoms with van der Waals surface area (Å²) in [6, 6.07) is 15.2. The molecule has 3 aromatic rings. The molecule has 2 aromatic carbocycles. The second-order valence-electron chi connectivity index (χ2n) is 5.53. The molecule has 0 spiro atoms. The van der Waals surface area contributed by atoms with Gasteiger partial charge in [0.25, 0.3) is 0 Å². The summed E-state index contributed by atoms with van der Waals surface area (Å²) in [4.78, 5) is 19.6. The highest BCUT2D eigenvalue weighted by Crippen LogP contribution is 2.17. The number of nitrogens with zero attached hydrogens (tertiary/aromatic N) is 2. The smallest absolute Gasteiger partial charge is 0.159 e. The molecule has 0 aliphatic rings. The van der Waals surface area contributed by atoms with E-state index >= 15 is 0 Å². The van der Waals surface area contributed by atoms with Gasteiger partial charge in [-0.3, -0.25) is 4.79 Å². The Labute approximate surface area is 145 Å². The van der Waals surface area contributed by atoms with Crippen molar-refractivity contribution in [1.82, 2.24) is 9.97 Å². The number of hydrogen-bond acceptors (Lipinski definition) is 5. The van der Waals surface area contributed by atoms with E-state index in [9.17, 15) is 9.18 Å². The Morgan fingerprint density at radius 2 is 1.68 bits per heavy atom. The molecule has 0 radical (unpaired) electrons. The van der Waals surface area contributed by atoms with Gasteiger partial charge in [0, 0.05) is 23.9 Å². The van der Waals surface area contributed by atoms with E-state index in [-0.39, 0.29) is 11.6 Å². The molecule has 0 aliphatic heterocycles. The lowest BCUT2D eigenvalue weighted by Gasteiger charge is -2.09. The average molecular weight is 336 g/mol. The second-order valence-corrected chi connectivity index (χ2v) is 5.53. The predicted molar refractivity (Wildman–Crippen MR) is 95.5 cm³/mol. The van der Waals surface area contributed by atoms with Crippen molar-refractivity contribution in [2.75, 3.05) is 10.6 Å². The molecule has 2 N–H and O–H groups in total. The molecule has 1 aromatic heterocycles. The van der Waals surface area contributed by atoms with E-state index < -0.39 is 0 Å². The largest absolute Gasteiger partial charge is 0.366 e. The van der Waals surface area contributed by atoms with Crippen molar-refractivity contribution in [3.63, 3.8) is 0 Å². The normalized spacial score (nSPS) is 10.3. The fourth-order valence-electron chi connectivity index (χ4n) is 2.25. The highest BCUT2D eigenvalue weighted by molar-refractivity contribution is 5.94. The van der Waals surface area contributed by atoms with Crippen LogP contribution in [0.15, 0.2) is 60.9 Å². The number of ketones is 1. The van der Waals surface area contributed by atoms with Gasteiger partial charge in [0.15, 0.2) is 5.78 Å². The third-order valence-corrected chi connectivity index (χ3v) is 3.62. The number of Topliss-reactive ketones (excluding diaryl/α,β-unsaturated/α-hetero) is 1. The highest BCUT2D eigenvalue weighted by atomic mass is 19.1. The van der Waals surface area contributed by atoms with Gasteiger partial charge in [-0.05, 0) is 48.9 Å². The first-order chi connectivity index (χ1) is 12.1. The maximum atomic E-state index is 12.9. The first kappa shape index (κ1) is 16.6. The number of hydrogen-bond donors (Lipinski definition) is 2. The van der Waals surface area contributed by atoms with Crippen LogP contribution in [0.25, 0.3) is 0 Å². The molecule has 5 nitrogen and oxygen atoms in total. The van der Waals surface area contributed by atoms with Crippen LogP contribution in [0.2, 0.25) is 0 Å². The van der Waals surface area contributed by atoms with E-state index in [2.05, 4.69) is 20.6 Å². The number of halogens is 1. The van der Waals surface area contributed by atoms with Crippen molar-refractivity contribution in [2.45, 2.75) is 13.5 Å². The van der Waals surface area contributed by atoms with Crippen LogP contribution in [0.3, 0.4) is 0 Å². The standard InChI is InChI=1S/C19H17FN4O/c1-13(25)15-4-8-17(9-5-15)24-19-10-18(22-12-23-19)21-11-14-2-6-16(20)7-3-14/h2-10,12H,11H2,1H3,(H2,21,22,23,24). The van der Waals surface area contributed by atoms with E-state index in [0.717, 1.165) is 11.3 Å². The first-order valence-electron chi connectivity index (χ1n) is 7.78. The maximum Gasteiger partial charge on any atom is 0.159 e. The average Bonchev–Trinajstić information content (AvgIpc) is 2.62. The van der Waals surface area contributed by atoms with Crippen LogP contribution in [-0.2, 0) is 6.54 Å². The lowest BCUT2D eigenvalue weighted by molar-refractivity contribution is 0.101. The van der Waals surface area contributed by atoms with Crippen LogP contribution in [0, 0.1) is 5.82 Å². The number of aromatic nitrogens is 2. The molecule has 3 rings (SSSR count). The zero-order chi connectivity index (χ0) is 17.6. The molecule has 0 fully saturated rings. The number of rotatable bonds is 6. The van der Waals surface area contributed by atoms with Gasteiger partial charge in [-0.1, -0.05) is 12.1 Å². The van der Waals surface area contributed by atoms with Gasteiger partial charge in [0.1, 0.15) is 23.8 Å². The fraction of sp³-hybridized carbons (Fsp3) is 0.105. The van der Waals surface area contributed by atoms with Crippen LogP contribution in [0.4, 0.5) is 21.7 Å². The zero-order valence-electron chi connectivity index (χ0n) is 13.7. The Morgan fingerprint density at radius 3 is 2.36 bits per heavy atom. The summed E-state index contributed by atoms with van der Waals surface area (Å²) in [5.74, 6) is 1.06. The third kappa shape index (κ3) is 4.60. The SMILES string of the molecule is CC(=O)c1ccc(Nc2cc(NCc3ccc(F)cc3)ncn2)cc1. The van der Waals surface area contributed by atoms with Crippen LogP contribution in [-0.4, -0.2) is 15.8 Å². The van der Waals surface area contributed by atoms with Gasteiger partial charge < -0.3 is 10.6 Å². The molecular weight excluding hydrogens is 319 g/mol. The maximum absolute atomic E-state index is 12.9. The molecule has 0 saturated heterocycles. The molecule has 1 heterocycles. The number of nitrogens with one attached hydrogen (secondary N) is 2. The summed E-state index contributed by atoms with van der Waals surface area (Å²) < 4.78 is 12.9. The lowest BCUT2D eigenvalue weighted by atomic mass is 10.1. The minimum absolute atomic E-state index is 0.0286. The van der Waals surface area contributed by atoms with Gasteiger partial charge in [0.05, 0.1) is 0 Å². The Kier molecular flexibility index (Phi) is 4.99. The molecule has 0 aliphatic carbocycles. The van der Waals surface area contributed by atoms with Crippen LogP contribution in [0.5, 0.6) is 0 Å². The van der Waals surface area contributed by atoms with Crippen LogP contribution < -0.4 is 10.6 Å². The van der Waals surface area contributed by atoms with E-state index in [1.54, 1.807) is 30.3 Å². The summed E-state index contributed by atoms with van der Waals surface area (Å²) in [6.45, 7) is 2.07. The van der Waals surface area contributed by atoms with Crippen molar-refractivity contribution in [2.24, 2.45) is 0 Å². The summed E-state index contributed by atoms with van der Waals surface area (Å²) in [5.41, 5.74) is 2.44. The van der Waals surface area contributed by atoms with E-state index in [4.69, 9.17) is 0 Å². The molecule has 25 heavy (non-hydrogen) atoms. The Bertz CT molecular complexity index is 863. The van der Waals surface area contributed by atoms with Crippen LogP contribution >= 0.6 is 0 Å². The third-order valence-electron chi connectivity index (χ3n) is 3.62. The number of benzene rings is 2. The van der Waals surface area contributed by atoms with Crippen LogP contribution in [0.1, 0.15) is 22.8 Å². The molecule has 0 unspecified atom stereocenters. The van der Waals surface area contributed by atoms with Crippen molar-refractivity contribution >= 4 is 23.1 Å². The lowest BCUT2D eigenvalue weighted by Crippen LogP contribution is -2.03. The highest BCUT2D eigenvalue weighted by Gasteiger charge is 2.02. The summed E-state index contributed by atoms with van der Waals surface area (Å²) >= 11 is 0. The quantitative estimate of drug-likeness (QED) is 0.661. The predicted octanol–water partition coefficient (Wildman–Crippen LogP) is 4.17. The van der Waals surface area contributed by atoms with Gasteiger partial charge in [0.2, 0.25) is 0 Å². The van der Waals surface area contributed by atoms with E-state index in [0.29, 0.717) is 23.7 Å². The number of carbonyl (C=O) groups is 1. The van der Waals surface area contributed by atoms with Gasteiger partial charge >= 0.3 is 0 Å². The monoisotopic (exact) mass is 336 g/mol. The van der Waals surface area contributed by atoms with Crippen molar-refractivity contribution in [3.05, 3.63) is 77.9 Å². The Hall–Kier alpha value is -3.28. The minimum Gasteiger partial charge on any atom is -0.366 e. The number of carbonyl (C=O) groups excluding carboxylic acids is 1. The van der Waals surface area contributed by atoms with E-state index in [1.165, 1.54) is 25.4 Å². The summed E-state index contributed by atoms with van der Waals surface area (Å²) in [6.07, 6.45) is 1.46. The Balaban J connectivity index is 1.64. The Morgan fingerprint density at radius 1 is 1.00 bits per heavy atom. The fourth-order valence-corrected chi connectivity index (χ4v) is 2.25. The van der Waals surface area contributed by atoms with Gasteiger partial charge in [-0.2, -0.15) is 0 Å². The summed E-state index contributed by atoms with van der Waals surface area (Å²) in [7, 11) is 0. The van der Waals surface area contributed by atoms with Gasteiger partial charge in [-0.25, -0.2) is 14.4 Å². The van der Waals surface area contributed by atoms with Crippen molar-refractivity contribution in [1.29, 1.82) is 0 Å². The summed E-state index contributed by atoms with van der Waals surface area (Å²) in [5, 5.41) is 6.34. The molecule has 0 saturated carbocycles. The number of anilines is 3. The van der Waals surface area contributed by atoms with Gasteiger partial charge in [-0.15, -0.1) is 0 Å². The molecular formula is C19H17FN4O. The molecule has 6 heteroatoms. The second kappa shape index (κ2) is 7.53. The molecule has 0 bridgehead atoms.